The van der Waals surface area contributed by atoms with Gasteiger partial charge in [-0.25, -0.2) is 0 Å². The minimum atomic E-state index is 0.105. The van der Waals surface area contributed by atoms with Gasteiger partial charge in [-0.1, -0.05) is 5.57 Å². The van der Waals surface area contributed by atoms with E-state index in [4.69, 9.17) is 4.42 Å². The zero-order chi connectivity index (χ0) is 9.26. The summed E-state index contributed by atoms with van der Waals surface area (Å²) < 4.78 is 5.13. The van der Waals surface area contributed by atoms with Crippen molar-refractivity contribution in [2.75, 3.05) is 0 Å². The number of ketones is 1. The highest BCUT2D eigenvalue weighted by Gasteiger charge is 2.15. The average molecular weight is 174 g/mol. The van der Waals surface area contributed by atoms with Gasteiger partial charge in [0.05, 0.1) is 6.26 Å². The molecule has 1 aliphatic carbocycles. The standard InChI is InChI=1S/C11H10O2/c1-8-5-9(11(12)6-8)7-10-3-2-4-13-10/h2-4,6-7H,5H2,1H3/b9-7+. The highest BCUT2D eigenvalue weighted by atomic mass is 16.3. The maximum Gasteiger partial charge on any atom is 0.182 e. The van der Waals surface area contributed by atoms with Crippen LogP contribution in [0, 0.1) is 0 Å². The molecule has 1 aromatic rings. The van der Waals surface area contributed by atoms with Gasteiger partial charge in [-0.2, -0.15) is 0 Å². The first-order valence-electron chi connectivity index (χ1n) is 4.21. The minimum absolute atomic E-state index is 0.105. The molecule has 0 radical (unpaired) electrons. The number of hydrogen-bond acceptors (Lipinski definition) is 2. The van der Waals surface area contributed by atoms with Gasteiger partial charge in [0.2, 0.25) is 0 Å². The molecule has 66 valence electrons. The van der Waals surface area contributed by atoms with Gasteiger partial charge in [-0.05, 0) is 37.6 Å². The lowest BCUT2D eigenvalue weighted by Gasteiger charge is -1.92. The van der Waals surface area contributed by atoms with E-state index in [9.17, 15) is 4.79 Å². The topological polar surface area (TPSA) is 30.2 Å². The maximum atomic E-state index is 11.3. The van der Waals surface area contributed by atoms with Gasteiger partial charge in [0.15, 0.2) is 5.78 Å². The van der Waals surface area contributed by atoms with E-state index in [1.807, 2.05) is 19.1 Å². The molecule has 0 fully saturated rings. The Kier molecular flexibility index (Phi) is 1.89. The van der Waals surface area contributed by atoms with Crippen LogP contribution in [0.4, 0.5) is 0 Å². The first-order valence-corrected chi connectivity index (χ1v) is 4.21. The molecule has 1 heterocycles. The van der Waals surface area contributed by atoms with E-state index in [-0.39, 0.29) is 5.78 Å². The zero-order valence-electron chi connectivity index (χ0n) is 7.41. The molecule has 0 aromatic carbocycles. The Morgan fingerprint density at radius 1 is 1.54 bits per heavy atom. The molecule has 0 saturated carbocycles. The summed E-state index contributed by atoms with van der Waals surface area (Å²) in [7, 11) is 0. The largest absolute Gasteiger partial charge is 0.465 e. The second-order valence-corrected chi connectivity index (χ2v) is 3.22. The Balaban J connectivity index is 2.25. The van der Waals surface area contributed by atoms with Gasteiger partial charge < -0.3 is 4.42 Å². The molecule has 2 nitrogen and oxygen atoms in total. The van der Waals surface area contributed by atoms with E-state index in [0.29, 0.717) is 0 Å². The molecule has 1 aliphatic rings. The second kappa shape index (κ2) is 3.05. The summed E-state index contributed by atoms with van der Waals surface area (Å²) in [5.41, 5.74) is 1.93. The summed E-state index contributed by atoms with van der Waals surface area (Å²) >= 11 is 0. The van der Waals surface area contributed by atoms with Crippen molar-refractivity contribution in [3.63, 3.8) is 0 Å². The van der Waals surface area contributed by atoms with Crippen molar-refractivity contribution >= 4 is 11.9 Å². The molecule has 1 aromatic heterocycles. The van der Waals surface area contributed by atoms with E-state index in [1.54, 1.807) is 18.4 Å². The molecule has 0 amide bonds. The Bertz CT molecular complexity index is 380. The fraction of sp³-hybridized carbons (Fsp3) is 0.182. The molecule has 13 heavy (non-hydrogen) atoms. The van der Waals surface area contributed by atoms with Gasteiger partial charge in [-0.15, -0.1) is 0 Å². The summed E-state index contributed by atoms with van der Waals surface area (Å²) in [6, 6.07) is 3.65. The highest BCUT2D eigenvalue weighted by molar-refractivity contribution is 6.10. The molecule has 0 unspecified atom stereocenters. The molecular formula is C11H10O2. The van der Waals surface area contributed by atoms with Crippen LogP contribution >= 0.6 is 0 Å². The smallest absolute Gasteiger partial charge is 0.182 e. The monoisotopic (exact) mass is 174 g/mol. The first kappa shape index (κ1) is 8.05. The van der Waals surface area contributed by atoms with E-state index in [0.717, 1.165) is 23.3 Å². The Morgan fingerprint density at radius 3 is 2.92 bits per heavy atom. The molecule has 0 N–H and O–H groups in total. The number of carbonyl (C=O) groups is 1. The fourth-order valence-electron chi connectivity index (χ4n) is 1.42. The van der Waals surface area contributed by atoms with Crippen LogP contribution in [-0.2, 0) is 4.79 Å². The highest BCUT2D eigenvalue weighted by Crippen LogP contribution is 2.22. The Hall–Kier alpha value is -1.57. The van der Waals surface area contributed by atoms with Crippen molar-refractivity contribution in [1.29, 1.82) is 0 Å². The number of rotatable bonds is 1. The summed E-state index contributed by atoms with van der Waals surface area (Å²) in [6.07, 6.45) is 5.83. The number of furan rings is 1. The van der Waals surface area contributed by atoms with Gasteiger partial charge in [-0.3, -0.25) is 4.79 Å². The van der Waals surface area contributed by atoms with Crippen molar-refractivity contribution in [3.8, 4) is 0 Å². The summed E-state index contributed by atoms with van der Waals surface area (Å²) in [5.74, 6) is 0.848. The van der Waals surface area contributed by atoms with Crippen LogP contribution < -0.4 is 0 Å². The predicted octanol–water partition coefficient (Wildman–Crippen LogP) is 2.58. The maximum absolute atomic E-state index is 11.3. The minimum Gasteiger partial charge on any atom is -0.465 e. The van der Waals surface area contributed by atoms with Crippen molar-refractivity contribution in [2.45, 2.75) is 13.3 Å². The SMILES string of the molecule is CC1=CC(=O)/C(=C/c2ccco2)C1. The van der Waals surface area contributed by atoms with Gasteiger partial charge in [0.25, 0.3) is 0 Å². The Morgan fingerprint density at radius 2 is 2.38 bits per heavy atom. The van der Waals surface area contributed by atoms with E-state index >= 15 is 0 Å². The lowest BCUT2D eigenvalue weighted by molar-refractivity contribution is -0.111. The molecule has 0 bridgehead atoms. The van der Waals surface area contributed by atoms with Crippen molar-refractivity contribution in [2.24, 2.45) is 0 Å². The van der Waals surface area contributed by atoms with Gasteiger partial charge >= 0.3 is 0 Å². The second-order valence-electron chi connectivity index (χ2n) is 3.22. The zero-order valence-corrected chi connectivity index (χ0v) is 7.41. The van der Waals surface area contributed by atoms with Crippen LogP contribution in [0.15, 0.2) is 40.0 Å². The van der Waals surface area contributed by atoms with E-state index in [2.05, 4.69) is 0 Å². The lowest BCUT2D eigenvalue weighted by Crippen LogP contribution is -1.89. The molecule has 0 spiro atoms. The van der Waals surface area contributed by atoms with E-state index in [1.165, 1.54) is 0 Å². The first-order chi connectivity index (χ1) is 6.25. The lowest BCUT2D eigenvalue weighted by atomic mass is 10.1. The summed E-state index contributed by atoms with van der Waals surface area (Å²) in [6.45, 7) is 1.96. The summed E-state index contributed by atoms with van der Waals surface area (Å²) in [5, 5.41) is 0. The van der Waals surface area contributed by atoms with Crippen LogP contribution in [0.1, 0.15) is 19.1 Å². The molecule has 0 atom stereocenters. The summed E-state index contributed by atoms with van der Waals surface area (Å²) in [4.78, 5) is 11.3. The molecule has 0 saturated heterocycles. The third-order valence-corrected chi connectivity index (χ3v) is 2.02. The molecular weight excluding hydrogens is 164 g/mol. The number of carbonyl (C=O) groups excluding carboxylic acids is 1. The van der Waals surface area contributed by atoms with Crippen LogP contribution in [0.25, 0.3) is 6.08 Å². The van der Waals surface area contributed by atoms with Crippen LogP contribution in [-0.4, -0.2) is 5.78 Å². The van der Waals surface area contributed by atoms with Crippen molar-refractivity contribution < 1.29 is 9.21 Å². The number of hydrogen-bond donors (Lipinski definition) is 0. The third-order valence-electron chi connectivity index (χ3n) is 2.02. The average Bonchev–Trinajstić information content (AvgIpc) is 2.63. The van der Waals surface area contributed by atoms with E-state index < -0.39 is 0 Å². The van der Waals surface area contributed by atoms with Crippen LogP contribution in [0.2, 0.25) is 0 Å². The quantitative estimate of drug-likeness (QED) is 0.612. The van der Waals surface area contributed by atoms with Gasteiger partial charge in [0, 0.05) is 5.57 Å². The van der Waals surface area contributed by atoms with Crippen molar-refractivity contribution in [3.05, 3.63) is 41.4 Å². The fourth-order valence-corrected chi connectivity index (χ4v) is 1.42. The Labute approximate surface area is 76.6 Å². The van der Waals surface area contributed by atoms with Crippen LogP contribution in [0.3, 0.4) is 0 Å². The van der Waals surface area contributed by atoms with Crippen LogP contribution in [0.5, 0.6) is 0 Å². The third kappa shape index (κ3) is 1.61. The molecule has 0 aliphatic heterocycles. The molecule has 2 rings (SSSR count). The molecule has 2 heteroatoms. The number of allylic oxidation sites excluding steroid dienone is 3. The normalized spacial score (nSPS) is 19.6. The van der Waals surface area contributed by atoms with Crippen molar-refractivity contribution in [1.82, 2.24) is 0 Å². The van der Waals surface area contributed by atoms with Gasteiger partial charge in [0.1, 0.15) is 5.76 Å². The predicted molar refractivity (Wildman–Crippen MR) is 50.1 cm³/mol.